The first kappa shape index (κ1) is 12.3. The molecule has 2 heterocycles. The van der Waals surface area contributed by atoms with Crippen molar-refractivity contribution in [3.05, 3.63) is 48.3 Å². The summed E-state index contributed by atoms with van der Waals surface area (Å²) < 4.78 is 0. The topological polar surface area (TPSA) is 75.6 Å². The fraction of sp³-hybridized carbons (Fsp3) is 0.143. The standard InChI is InChI=1S/C14H14N6/c1-15-14-18-12-7-3-2-6-11(12)13(19-14)16-9-10-5-4-8-17-20-10/h2-8H,9H2,1H3,(H2,15,16,18,19). The molecule has 0 radical (unpaired) electrons. The molecular formula is C14H14N6. The second kappa shape index (κ2) is 5.48. The first-order valence-electron chi connectivity index (χ1n) is 6.32. The molecule has 0 fully saturated rings. The van der Waals surface area contributed by atoms with Crippen LogP contribution in [0, 0.1) is 0 Å². The van der Waals surface area contributed by atoms with E-state index in [4.69, 9.17) is 0 Å². The molecule has 0 spiro atoms. The van der Waals surface area contributed by atoms with E-state index in [0.29, 0.717) is 12.5 Å². The molecule has 3 aromatic rings. The molecule has 1 aromatic carbocycles. The highest BCUT2D eigenvalue weighted by atomic mass is 15.1. The van der Waals surface area contributed by atoms with Crippen LogP contribution in [-0.4, -0.2) is 27.2 Å². The molecule has 0 unspecified atom stereocenters. The van der Waals surface area contributed by atoms with Crippen LogP contribution in [0.25, 0.3) is 10.9 Å². The summed E-state index contributed by atoms with van der Waals surface area (Å²) in [6.07, 6.45) is 1.66. The quantitative estimate of drug-likeness (QED) is 0.753. The number of hydrogen-bond donors (Lipinski definition) is 2. The number of nitrogens with one attached hydrogen (secondary N) is 2. The number of para-hydroxylation sites is 1. The molecule has 20 heavy (non-hydrogen) atoms. The summed E-state index contributed by atoms with van der Waals surface area (Å²) >= 11 is 0. The Hall–Kier alpha value is -2.76. The molecule has 0 saturated heterocycles. The predicted octanol–water partition coefficient (Wildman–Crippen LogP) is 2.07. The van der Waals surface area contributed by atoms with Gasteiger partial charge in [0, 0.05) is 18.6 Å². The first-order valence-corrected chi connectivity index (χ1v) is 6.32. The molecule has 0 saturated carbocycles. The predicted molar refractivity (Wildman–Crippen MR) is 78.4 cm³/mol. The van der Waals surface area contributed by atoms with E-state index in [2.05, 4.69) is 30.8 Å². The van der Waals surface area contributed by atoms with E-state index in [1.807, 2.05) is 36.4 Å². The largest absolute Gasteiger partial charge is 0.364 e. The Labute approximate surface area is 116 Å². The summed E-state index contributed by atoms with van der Waals surface area (Å²) in [5.41, 5.74) is 1.76. The van der Waals surface area contributed by atoms with Gasteiger partial charge < -0.3 is 10.6 Å². The number of nitrogens with zero attached hydrogens (tertiary/aromatic N) is 4. The highest BCUT2D eigenvalue weighted by Crippen LogP contribution is 2.21. The average Bonchev–Trinajstić information content (AvgIpc) is 2.53. The molecule has 0 aliphatic rings. The normalized spacial score (nSPS) is 10.4. The van der Waals surface area contributed by atoms with Gasteiger partial charge in [-0.2, -0.15) is 15.2 Å². The van der Waals surface area contributed by atoms with Crippen LogP contribution in [0.5, 0.6) is 0 Å². The van der Waals surface area contributed by atoms with E-state index in [9.17, 15) is 0 Å². The Morgan fingerprint density at radius 1 is 1.05 bits per heavy atom. The maximum atomic E-state index is 4.45. The van der Waals surface area contributed by atoms with E-state index in [1.54, 1.807) is 13.2 Å². The summed E-state index contributed by atoms with van der Waals surface area (Å²) in [4.78, 5) is 8.87. The van der Waals surface area contributed by atoms with Crippen molar-refractivity contribution in [2.75, 3.05) is 17.7 Å². The number of aromatic nitrogens is 4. The van der Waals surface area contributed by atoms with Crippen LogP contribution in [0.4, 0.5) is 11.8 Å². The molecule has 3 rings (SSSR count). The van der Waals surface area contributed by atoms with Crippen LogP contribution >= 0.6 is 0 Å². The van der Waals surface area contributed by atoms with Gasteiger partial charge in [0.15, 0.2) is 0 Å². The number of anilines is 2. The van der Waals surface area contributed by atoms with Gasteiger partial charge in [0.05, 0.1) is 17.8 Å². The third-order valence-electron chi connectivity index (χ3n) is 2.89. The number of fused-ring (bicyclic) bond motifs is 1. The second-order valence-electron chi connectivity index (χ2n) is 4.23. The lowest BCUT2D eigenvalue weighted by Crippen LogP contribution is -2.07. The first-order chi connectivity index (χ1) is 9.86. The second-order valence-corrected chi connectivity index (χ2v) is 4.23. The molecule has 0 aliphatic heterocycles. The summed E-state index contributed by atoms with van der Waals surface area (Å²) in [6.45, 7) is 0.567. The number of benzene rings is 1. The van der Waals surface area contributed by atoms with Gasteiger partial charge >= 0.3 is 0 Å². The Morgan fingerprint density at radius 2 is 1.95 bits per heavy atom. The summed E-state index contributed by atoms with van der Waals surface area (Å²) in [7, 11) is 1.80. The third-order valence-corrected chi connectivity index (χ3v) is 2.89. The SMILES string of the molecule is CNc1nc(NCc2cccnn2)c2ccccc2n1. The van der Waals surface area contributed by atoms with Crippen LogP contribution in [0.2, 0.25) is 0 Å². The Kier molecular flexibility index (Phi) is 3.36. The summed E-state index contributed by atoms with van der Waals surface area (Å²) in [5.74, 6) is 1.37. The highest BCUT2D eigenvalue weighted by molar-refractivity contribution is 5.89. The van der Waals surface area contributed by atoms with E-state index >= 15 is 0 Å². The zero-order valence-electron chi connectivity index (χ0n) is 11.0. The molecule has 6 heteroatoms. The molecule has 0 aliphatic carbocycles. The van der Waals surface area contributed by atoms with Crippen molar-refractivity contribution in [3.8, 4) is 0 Å². The van der Waals surface area contributed by atoms with Gasteiger partial charge in [-0.05, 0) is 24.3 Å². The minimum atomic E-state index is 0.567. The highest BCUT2D eigenvalue weighted by Gasteiger charge is 2.06. The van der Waals surface area contributed by atoms with Gasteiger partial charge in [-0.15, -0.1) is 0 Å². The van der Waals surface area contributed by atoms with Gasteiger partial charge in [-0.1, -0.05) is 12.1 Å². The van der Waals surface area contributed by atoms with Crippen LogP contribution in [0.1, 0.15) is 5.69 Å². The number of hydrogen-bond acceptors (Lipinski definition) is 6. The molecule has 0 atom stereocenters. The molecule has 2 aromatic heterocycles. The van der Waals surface area contributed by atoms with Crippen LogP contribution < -0.4 is 10.6 Å². The maximum absolute atomic E-state index is 4.45. The lowest BCUT2D eigenvalue weighted by Gasteiger charge is -2.09. The van der Waals surface area contributed by atoms with Crippen molar-refractivity contribution in [1.82, 2.24) is 20.2 Å². The Balaban J connectivity index is 1.93. The molecule has 0 bridgehead atoms. The minimum absolute atomic E-state index is 0.567. The monoisotopic (exact) mass is 266 g/mol. The third kappa shape index (κ3) is 2.49. The van der Waals surface area contributed by atoms with Crippen LogP contribution in [0.15, 0.2) is 42.6 Å². The molecule has 0 amide bonds. The molecule has 2 N–H and O–H groups in total. The van der Waals surface area contributed by atoms with E-state index in [-0.39, 0.29) is 0 Å². The van der Waals surface area contributed by atoms with E-state index in [1.165, 1.54) is 0 Å². The van der Waals surface area contributed by atoms with Crippen LogP contribution in [-0.2, 0) is 6.54 Å². The Bertz CT molecular complexity index is 713. The van der Waals surface area contributed by atoms with Crippen LogP contribution in [0.3, 0.4) is 0 Å². The number of rotatable bonds is 4. The van der Waals surface area contributed by atoms with E-state index in [0.717, 1.165) is 22.4 Å². The van der Waals surface area contributed by atoms with Crippen molar-refractivity contribution in [3.63, 3.8) is 0 Å². The van der Waals surface area contributed by atoms with Gasteiger partial charge in [0.2, 0.25) is 5.95 Å². The zero-order valence-corrected chi connectivity index (χ0v) is 11.0. The Morgan fingerprint density at radius 3 is 2.75 bits per heavy atom. The fourth-order valence-electron chi connectivity index (χ4n) is 1.93. The minimum Gasteiger partial charge on any atom is -0.364 e. The van der Waals surface area contributed by atoms with Crippen molar-refractivity contribution >= 4 is 22.7 Å². The van der Waals surface area contributed by atoms with E-state index < -0.39 is 0 Å². The van der Waals surface area contributed by atoms with Gasteiger partial charge in [0.25, 0.3) is 0 Å². The van der Waals surface area contributed by atoms with Crippen molar-refractivity contribution in [2.24, 2.45) is 0 Å². The molecular weight excluding hydrogens is 252 g/mol. The van der Waals surface area contributed by atoms with Crippen molar-refractivity contribution in [2.45, 2.75) is 6.54 Å². The fourth-order valence-corrected chi connectivity index (χ4v) is 1.93. The van der Waals surface area contributed by atoms with Gasteiger partial charge in [-0.3, -0.25) is 0 Å². The van der Waals surface area contributed by atoms with Crippen molar-refractivity contribution < 1.29 is 0 Å². The van der Waals surface area contributed by atoms with Gasteiger partial charge in [0.1, 0.15) is 5.82 Å². The average molecular weight is 266 g/mol. The zero-order chi connectivity index (χ0) is 13.8. The van der Waals surface area contributed by atoms with Crippen molar-refractivity contribution in [1.29, 1.82) is 0 Å². The lowest BCUT2D eigenvalue weighted by atomic mass is 10.2. The van der Waals surface area contributed by atoms with Gasteiger partial charge in [-0.25, -0.2) is 4.98 Å². The lowest BCUT2D eigenvalue weighted by molar-refractivity contribution is 0.921. The summed E-state index contributed by atoms with van der Waals surface area (Å²) in [5, 5.41) is 15.1. The molecule has 100 valence electrons. The molecule has 6 nitrogen and oxygen atoms in total. The summed E-state index contributed by atoms with van der Waals surface area (Å²) in [6, 6.07) is 11.7. The smallest absolute Gasteiger partial charge is 0.224 e. The maximum Gasteiger partial charge on any atom is 0.224 e.